The molecular weight excluding hydrogens is 252 g/mol. The molecule has 2 aliphatic rings. The summed E-state index contributed by atoms with van der Waals surface area (Å²) in [6.07, 6.45) is 3.02. The lowest BCUT2D eigenvalue weighted by atomic mass is 9.81. The molecule has 0 amide bonds. The van der Waals surface area contributed by atoms with Crippen molar-refractivity contribution in [3.8, 4) is 11.5 Å². The van der Waals surface area contributed by atoms with Crippen LogP contribution in [0.3, 0.4) is 0 Å². The lowest BCUT2D eigenvalue weighted by Gasteiger charge is -2.45. The Kier molecular flexibility index (Phi) is 3.61. The molecule has 1 aromatic rings. The first-order valence-electron chi connectivity index (χ1n) is 7.52. The normalized spacial score (nSPS) is 25.1. The van der Waals surface area contributed by atoms with Gasteiger partial charge < -0.3 is 20.1 Å². The van der Waals surface area contributed by atoms with Crippen molar-refractivity contribution in [2.75, 3.05) is 26.7 Å². The second-order valence-corrected chi connectivity index (χ2v) is 6.03. The molecule has 1 unspecified atom stereocenters. The van der Waals surface area contributed by atoms with Crippen LogP contribution in [0, 0.1) is 0 Å². The molecule has 1 saturated heterocycles. The number of piperidine rings is 1. The number of nitrogens with zero attached hydrogens (tertiary/aromatic N) is 1. The largest absolute Gasteiger partial charge is 0.494 e. The van der Waals surface area contributed by atoms with Crippen LogP contribution < -0.4 is 15.2 Å². The van der Waals surface area contributed by atoms with Gasteiger partial charge in [-0.25, -0.2) is 0 Å². The van der Waals surface area contributed by atoms with Gasteiger partial charge in [-0.3, -0.25) is 0 Å². The molecule has 4 nitrogen and oxygen atoms in total. The molecule has 0 aliphatic carbocycles. The number of likely N-dealkylation sites (tertiary alicyclic amines) is 1. The third kappa shape index (κ3) is 2.50. The van der Waals surface area contributed by atoms with Crippen LogP contribution >= 0.6 is 0 Å². The molecule has 2 heterocycles. The van der Waals surface area contributed by atoms with Gasteiger partial charge in [0.1, 0.15) is 17.1 Å². The highest BCUT2D eigenvalue weighted by molar-refractivity contribution is 5.44. The molecule has 0 radical (unpaired) electrons. The van der Waals surface area contributed by atoms with Gasteiger partial charge in [-0.05, 0) is 32.9 Å². The lowest BCUT2D eigenvalue weighted by molar-refractivity contribution is -0.0165. The van der Waals surface area contributed by atoms with Crippen LogP contribution in [0.2, 0.25) is 0 Å². The number of benzene rings is 1. The summed E-state index contributed by atoms with van der Waals surface area (Å²) >= 11 is 0. The third-order valence-corrected chi connectivity index (χ3v) is 4.51. The topological polar surface area (TPSA) is 47.7 Å². The van der Waals surface area contributed by atoms with Gasteiger partial charge in [0.2, 0.25) is 0 Å². The number of nitrogens with two attached hydrogens (primary N) is 1. The molecule has 110 valence electrons. The van der Waals surface area contributed by atoms with E-state index in [1.807, 2.05) is 25.1 Å². The maximum Gasteiger partial charge on any atom is 0.128 e. The molecule has 1 atom stereocenters. The Morgan fingerprint density at radius 1 is 1.40 bits per heavy atom. The average molecular weight is 276 g/mol. The van der Waals surface area contributed by atoms with E-state index in [9.17, 15) is 0 Å². The van der Waals surface area contributed by atoms with E-state index in [0.717, 1.165) is 49.4 Å². The minimum Gasteiger partial charge on any atom is -0.494 e. The van der Waals surface area contributed by atoms with E-state index in [0.29, 0.717) is 6.61 Å². The molecule has 1 spiro atoms. The van der Waals surface area contributed by atoms with Crippen molar-refractivity contribution >= 4 is 0 Å². The first-order chi connectivity index (χ1) is 9.62. The minimum atomic E-state index is -0.0796. The molecule has 0 aromatic heterocycles. The highest BCUT2D eigenvalue weighted by Gasteiger charge is 2.41. The highest BCUT2D eigenvalue weighted by Crippen LogP contribution is 2.44. The summed E-state index contributed by atoms with van der Waals surface area (Å²) in [7, 11) is 2.16. The second kappa shape index (κ2) is 5.26. The highest BCUT2D eigenvalue weighted by atomic mass is 16.5. The van der Waals surface area contributed by atoms with Gasteiger partial charge in [0.15, 0.2) is 0 Å². The molecule has 1 aromatic carbocycles. The number of ether oxygens (including phenoxy) is 2. The van der Waals surface area contributed by atoms with E-state index < -0.39 is 0 Å². The van der Waals surface area contributed by atoms with Crippen LogP contribution in [0.25, 0.3) is 0 Å². The predicted molar refractivity (Wildman–Crippen MR) is 79.2 cm³/mol. The SMILES string of the molecule is CCOc1ccc2c(c1)OC1(CCN(C)CC1)CC2N. The smallest absolute Gasteiger partial charge is 0.128 e. The molecule has 1 fully saturated rings. The molecule has 0 saturated carbocycles. The Bertz CT molecular complexity index is 481. The summed E-state index contributed by atoms with van der Waals surface area (Å²) in [6.45, 7) is 4.81. The molecular formula is C16H24N2O2. The van der Waals surface area contributed by atoms with Gasteiger partial charge in [0, 0.05) is 37.2 Å². The Hall–Kier alpha value is -1.26. The quantitative estimate of drug-likeness (QED) is 0.900. The Morgan fingerprint density at radius 3 is 2.85 bits per heavy atom. The Labute approximate surface area is 120 Å². The summed E-state index contributed by atoms with van der Waals surface area (Å²) in [5, 5.41) is 0. The summed E-state index contributed by atoms with van der Waals surface area (Å²) in [4.78, 5) is 2.35. The van der Waals surface area contributed by atoms with Crippen molar-refractivity contribution in [3.63, 3.8) is 0 Å². The van der Waals surface area contributed by atoms with E-state index in [2.05, 4.69) is 11.9 Å². The summed E-state index contributed by atoms with van der Waals surface area (Å²) in [5.41, 5.74) is 7.41. The van der Waals surface area contributed by atoms with E-state index in [-0.39, 0.29) is 11.6 Å². The number of hydrogen-bond donors (Lipinski definition) is 1. The molecule has 20 heavy (non-hydrogen) atoms. The van der Waals surface area contributed by atoms with Crippen LogP contribution in [0.1, 0.15) is 37.8 Å². The zero-order valence-corrected chi connectivity index (χ0v) is 12.4. The van der Waals surface area contributed by atoms with Crippen LogP contribution in [-0.4, -0.2) is 37.2 Å². The monoisotopic (exact) mass is 276 g/mol. The number of rotatable bonds is 2. The standard InChI is InChI=1S/C16H24N2O2/c1-3-19-12-4-5-13-14(17)11-16(20-15(13)10-12)6-8-18(2)9-7-16/h4-5,10,14H,3,6-9,11,17H2,1-2H3. The average Bonchev–Trinajstić information content (AvgIpc) is 2.42. The summed E-state index contributed by atoms with van der Waals surface area (Å²) in [5.74, 6) is 1.78. The van der Waals surface area contributed by atoms with E-state index >= 15 is 0 Å². The van der Waals surface area contributed by atoms with Crippen LogP contribution in [-0.2, 0) is 0 Å². The van der Waals surface area contributed by atoms with Gasteiger partial charge in [-0.1, -0.05) is 6.07 Å². The van der Waals surface area contributed by atoms with Gasteiger partial charge in [-0.2, -0.15) is 0 Å². The molecule has 2 aliphatic heterocycles. The van der Waals surface area contributed by atoms with E-state index in [1.54, 1.807) is 0 Å². The van der Waals surface area contributed by atoms with Gasteiger partial charge in [0.25, 0.3) is 0 Å². The first kappa shape index (κ1) is 13.7. The predicted octanol–water partition coefficient (Wildman–Crippen LogP) is 2.33. The molecule has 0 bridgehead atoms. The fraction of sp³-hybridized carbons (Fsp3) is 0.625. The Morgan fingerprint density at radius 2 is 2.15 bits per heavy atom. The summed E-state index contributed by atoms with van der Waals surface area (Å²) in [6, 6.07) is 6.10. The summed E-state index contributed by atoms with van der Waals surface area (Å²) < 4.78 is 12.0. The zero-order chi connectivity index (χ0) is 14.2. The first-order valence-corrected chi connectivity index (χ1v) is 7.52. The molecule has 2 N–H and O–H groups in total. The maximum absolute atomic E-state index is 6.38. The van der Waals surface area contributed by atoms with E-state index in [4.69, 9.17) is 15.2 Å². The van der Waals surface area contributed by atoms with Crippen LogP contribution in [0.5, 0.6) is 11.5 Å². The van der Waals surface area contributed by atoms with Crippen molar-refractivity contribution in [2.45, 2.75) is 37.8 Å². The molecule has 4 heteroatoms. The Balaban J connectivity index is 1.86. The fourth-order valence-electron chi connectivity index (χ4n) is 3.28. The van der Waals surface area contributed by atoms with Crippen molar-refractivity contribution in [1.82, 2.24) is 4.90 Å². The fourth-order valence-corrected chi connectivity index (χ4v) is 3.28. The van der Waals surface area contributed by atoms with Crippen LogP contribution in [0.4, 0.5) is 0 Å². The number of fused-ring (bicyclic) bond motifs is 1. The lowest BCUT2D eigenvalue weighted by Crippen LogP contribution is -2.50. The minimum absolute atomic E-state index is 0.0674. The van der Waals surface area contributed by atoms with Gasteiger partial charge in [0.05, 0.1) is 6.61 Å². The van der Waals surface area contributed by atoms with E-state index in [1.165, 1.54) is 0 Å². The maximum atomic E-state index is 6.38. The van der Waals surface area contributed by atoms with Gasteiger partial charge in [-0.15, -0.1) is 0 Å². The van der Waals surface area contributed by atoms with Crippen molar-refractivity contribution in [1.29, 1.82) is 0 Å². The van der Waals surface area contributed by atoms with Crippen LogP contribution in [0.15, 0.2) is 18.2 Å². The zero-order valence-electron chi connectivity index (χ0n) is 12.4. The second-order valence-electron chi connectivity index (χ2n) is 6.03. The van der Waals surface area contributed by atoms with Crippen molar-refractivity contribution < 1.29 is 9.47 Å². The third-order valence-electron chi connectivity index (χ3n) is 4.51. The molecule has 3 rings (SSSR count). The van der Waals surface area contributed by atoms with Crippen molar-refractivity contribution in [3.05, 3.63) is 23.8 Å². The number of hydrogen-bond acceptors (Lipinski definition) is 4. The van der Waals surface area contributed by atoms with Crippen molar-refractivity contribution in [2.24, 2.45) is 5.73 Å². The van der Waals surface area contributed by atoms with Gasteiger partial charge >= 0.3 is 0 Å².